The van der Waals surface area contributed by atoms with Gasteiger partial charge in [0.15, 0.2) is 6.17 Å². The molecule has 0 saturated heterocycles. The van der Waals surface area contributed by atoms with Crippen molar-refractivity contribution in [2.75, 3.05) is 0 Å². The molecule has 0 bridgehead atoms. The third-order valence-electron chi connectivity index (χ3n) is 3.57. The van der Waals surface area contributed by atoms with E-state index >= 15 is 0 Å². The summed E-state index contributed by atoms with van der Waals surface area (Å²) in [4.78, 5) is 0. The van der Waals surface area contributed by atoms with E-state index < -0.39 is 0 Å². The summed E-state index contributed by atoms with van der Waals surface area (Å²) in [6, 6.07) is 0. The van der Waals surface area contributed by atoms with Gasteiger partial charge in [-0.2, -0.15) is 0 Å². The third kappa shape index (κ3) is 1.30. The van der Waals surface area contributed by atoms with E-state index in [2.05, 4.69) is 13.8 Å². The van der Waals surface area contributed by atoms with E-state index in [1.54, 1.807) is 0 Å². The van der Waals surface area contributed by atoms with Gasteiger partial charge in [0, 0.05) is 5.41 Å². The molecule has 0 aromatic rings. The van der Waals surface area contributed by atoms with Gasteiger partial charge in [-0.05, 0) is 24.7 Å². The van der Waals surface area contributed by atoms with Crippen LogP contribution < -0.4 is 0 Å². The number of halogens is 1. The van der Waals surface area contributed by atoms with Crippen molar-refractivity contribution in [2.24, 2.45) is 10.8 Å². The molecule has 0 N–H and O–H groups in total. The summed E-state index contributed by atoms with van der Waals surface area (Å²) in [7, 11) is 0. The Morgan fingerprint density at radius 2 is 1.73 bits per heavy atom. The Labute approximate surface area is 69.2 Å². The molecule has 11 heavy (non-hydrogen) atoms. The number of hydrogen-bond acceptors (Lipinski definition) is 0. The highest BCUT2D eigenvalue weighted by Crippen LogP contribution is 2.54. The van der Waals surface area contributed by atoms with Crippen molar-refractivity contribution < 1.29 is 4.39 Å². The molecule has 0 amide bonds. The van der Waals surface area contributed by atoms with Gasteiger partial charge in [0.1, 0.15) is 0 Å². The molecular formula is C10H18F. The number of rotatable bonds is 0. The van der Waals surface area contributed by atoms with E-state index in [1.807, 2.05) is 13.8 Å². The lowest BCUT2D eigenvalue weighted by atomic mass is 9.59. The third-order valence-corrected chi connectivity index (χ3v) is 3.57. The Morgan fingerprint density at radius 1 is 1.18 bits per heavy atom. The minimum Gasteiger partial charge on any atom is -0.240 e. The van der Waals surface area contributed by atoms with Gasteiger partial charge in [-0.1, -0.05) is 27.7 Å². The summed E-state index contributed by atoms with van der Waals surface area (Å²) < 4.78 is 13.4. The van der Waals surface area contributed by atoms with Crippen molar-refractivity contribution in [1.82, 2.24) is 0 Å². The Kier molecular flexibility index (Phi) is 2.02. The van der Waals surface area contributed by atoms with Gasteiger partial charge in [0.2, 0.25) is 0 Å². The molecule has 0 aliphatic heterocycles. The zero-order chi connectivity index (χ0) is 8.70. The molecule has 1 aliphatic rings. The van der Waals surface area contributed by atoms with Crippen LogP contribution in [0.2, 0.25) is 0 Å². The molecule has 0 unspecified atom stereocenters. The second-order valence-electron chi connectivity index (χ2n) is 4.77. The van der Waals surface area contributed by atoms with Crippen LogP contribution in [0.15, 0.2) is 0 Å². The molecule has 0 nitrogen and oxygen atoms in total. The minimum absolute atomic E-state index is 0.134. The molecule has 1 aliphatic carbocycles. The normalized spacial score (nSPS) is 30.3. The molecule has 0 atom stereocenters. The second-order valence-corrected chi connectivity index (χ2v) is 4.77. The first-order chi connectivity index (χ1) is 4.88. The fraction of sp³-hybridized carbons (Fsp3) is 0.900. The molecule has 1 heteroatoms. The maximum atomic E-state index is 13.4. The van der Waals surface area contributed by atoms with Gasteiger partial charge >= 0.3 is 0 Å². The van der Waals surface area contributed by atoms with E-state index in [9.17, 15) is 4.39 Å². The van der Waals surface area contributed by atoms with Crippen LogP contribution in [0.5, 0.6) is 0 Å². The minimum atomic E-state index is -0.217. The highest BCUT2D eigenvalue weighted by molar-refractivity contribution is 5.05. The van der Waals surface area contributed by atoms with Gasteiger partial charge in [-0.3, -0.25) is 0 Å². The van der Waals surface area contributed by atoms with Crippen molar-refractivity contribution in [3.63, 3.8) is 0 Å². The summed E-state index contributed by atoms with van der Waals surface area (Å²) in [5.74, 6) is 0. The van der Waals surface area contributed by atoms with E-state index in [-0.39, 0.29) is 17.0 Å². The molecule has 65 valence electrons. The summed E-state index contributed by atoms with van der Waals surface area (Å²) in [6.45, 7) is 8.35. The lowest BCUT2D eigenvalue weighted by molar-refractivity contribution is 0.0336. The van der Waals surface area contributed by atoms with E-state index in [0.29, 0.717) is 6.42 Å². The summed E-state index contributed by atoms with van der Waals surface area (Å²) >= 11 is 0. The molecule has 0 aromatic carbocycles. The second kappa shape index (κ2) is 2.46. The predicted molar refractivity (Wildman–Crippen MR) is 45.8 cm³/mol. The largest absolute Gasteiger partial charge is 0.240 e. The average molecular weight is 157 g/mol. The Hall–Kier alpha value is -0.0700. The van der Waals surface area contributed by atoms with Gasteiger partial charge < -0.3 is 0 Å². The SMILES string of the molecule is CC1(C)CCC[C](F)C1(C)C. The highest BCUT2D eigenvalue weighted by Gasteiger charge is 2.46. The number of hydrogen-bond donors (Lipinski definition) is 0. The maximum absolute atomic E-state index is 13.4. The fourth-order valence-electron chi connectivity index (χ4n) is 1.68. The van der Waals surface area contributed by atoms with Crippen LogP contribution in [0.4, 0.5) is 4.39 Å². The van der Waals surface area contributed by atoms with Gasteiger partial charge in [0.25, 0.3) is 0 Å². The van der Waals surface area contributed by atoms with E-state index in [4.69, 9.17) is 0 Å². The smallest absolute Gasteiger partial charge is 0.150 e. The van der Waals surface area contributed by atoms with Gasteiger partial charge in [-0.25, -0.2) is 4.39 Å². The van der Waals surface area contributed by atoms with E-state index in [1.165, 1.54) is 0 Å². The molecule has 1 fully saturated rings. The van der Waals surface area contributed by atoms with Gasteiger partial charge in [-0.15, -0.1) is 0 Å². The lowest BCUT2D eigenvalue weighted by Crippen LogP contribution is -2.39. The summed E-state index contributed by atoms with van der Waals surface area (Å²) in [5.41, 5.74) is -0.0828. The standard InChI is InChI=1S/C10H18F/c1-9(2)7-5-6-8(11)10(9,3)4/h5-7H2,1-4H3. The molecule has 0 aromatic heterocycles. The van der Waals surface area contributed by atoms with Crippen LogP contribution in [0, 0.1) is 17.0 Å². The lowest BCUT2D eigenvalue weighted by Gasteiger charge is -2.47. The summed E-state index contributed by atoms with van der Waals surface area (Å²) in [6.07, 6.45) is 3.03. The first kappa shape index (κ1) is 9.02. The van der Waals surface area contributed by atoms with Crippen molar-refractivity contribution in [1.29, 1.82) is 0 Å². The Balaban J connectivity index is 2.82. The van der Waals surface area contributed by atoms with Crippen LogP contribution >= 0.6 is 0 Å². The highest BCUT2D eigenvalue weighted by atomic mass is 19.1. The topological polar surface area (TPSA) is 0 Å². The quantitative estimate of drug-likeness (QED) is 0.502. The van der Waals surface area contributed by atoms with Crippen molar-refractivity contribution in [3.8, 4) is 0 Å². The van der Waals surface area contributed by atoms with E-state index in [0.717, 1.165) is 12.8 Å². The Morgan fingerprint density at radius 3 is 2.09 bits per heavy atom. The predicted octanol–water partition coefficient (Wildman–Crippen LogP) is 3.72. The van der Waals surface area contributed by atoms with Gasteiger partial charge in [0.05, 0.1) is 0 Å². The van der Waals surface area contributed by atoms with Crippen molar-refractivity contribution >= 4 is 0 Å². The molecule has 1 radical (unpaired) electrons. The summed E-state index contributed by atoms with van der Waals surface area (Å²) in [5, 5.41) is 0. The zero-order valence-electron chi connectivity index (χ0n) is 8.00. The van der Waals surface area contributed by atoms with Crippen LogP contribution in [-0.2, 0) is 0 Å². The molecule has 0 spiro atoms. The monoisotopic (exact) mass is 157 g/mol. The van der Waals surface area contributed by atoms with Crippen LogP contribution in [-0.4, -0.2) is 0 Å². The molecular weight excluding hydrogens is 139 g/mol. The Bertz CT molecular complexity index is 147. The van der Waals surface area contributed by atoms with Crippen molar-refractivity contribution in [3.05, 3.63) is 6.17 Å². The first-order valence-electron chi connectivity index (χ1n) is 4.40. The van der Waals surface area contributed by atoms with Crippen molar-refractivity contribution in [2.45, 2.75) is 47.0 Å². The first-order valence-corrected chi connectivity index (χ1v) is 4.40. The van der Waals surface area contributed by atoms with Crippen LogP contribution in [0.1, 0.15) is 47.0 Å². The molecule has 1 rings (SSSR count). The maximum Gasteiger partial charge on any atom is 0.150 e. The zero-order valence-corrected chi connectivity index (χ0v) is 8.00. The molecule has 0 heterocycles. The fourth-order valence-corrected chi connectivity index (χ4v) is 1.68. The molecule has 1 saturated carbocycles. The average Bonchev–Trinajstić information content (AvgIpc) is 1.84. The van der Waals surface area contributed by atoms with Crippen LogP contribution in [0.3, 0.4) is 0 Å². The van der Waals surface area contributed by atoms with Crippen LogP contribution in [0.25, 0.3) is 0 Å².